The molecule has 0 radical (unpaired) electrons. The number of nitrogens with two attached hydrogens (primary N) is 1. The average Bonchev–Trinajstić information content (AvgIpc) is 3.56. The number of nitrogens with one attached hydrogen (secondary N) is 2. The van der Waals surface area contributed by atoms with Crippen molar-refractivity contribution in [3.63, 3.8) is 0 Å². The molecule has 1 atom stereocenters. The van der Waals surface area contributed by atoms with Crippen molar-refractivity contribution >= 4 is 80.6 Å². The number of phenolic OH excluding ortho intramolecular Hbond substituents is 1. The fraction of sp³-hybridized carbons (Fsp3) is 0.362. The van der Waals surface area contributed by atoms with Crippen LogP contribution in [0.4, 0.5) is 21.0 Å². The van der Waals surface area contributed by atoms with Crippen LogP contribution in [0.1, 0.15) is 52.0 Å². The number of nitrogens with zero attached hydrogens (tertiary/aromatic N) is 6. The Kier molecular flexibility index (Phi) is 14.1. The van der Waals surface area contributed by atoms with Crippen LogP contribution in [-0.2, 0) is 30.3 Å². The summed E-state index contributed by atoms with van der Waals surface area (Å²) in [6.45, 7) is 3.02. The third-order valence-corrected chi connectivity index (χ3v) is 12.4. The van der Waals surface area contributed by atoms with E-state index in [1.54, 1.807) is 37.4 Å². The van der Waals surface area contributed by atoms with Gasteiger partial charge < -0.3 is 40.3 Å². The summed E-state index contributed by atoms with van der Waals surface area (Å²) in [4.78, 5) is 90.7. The standard InChI is InChI=1S/C47H49ClFN9O9/c1-55(19-21-67-23-22-66-20-5-8-27-7-4-10-31-38(27)45(64)58(44(31)63)35-11-12-36(60)52-43(35)62)37(61)13-14-51-47-53-41-33(42(54-47)56-15-17-57(18-16-56)46(50)65)26-34(48)39(40(41)49)32-25-29(59)24-28-6-2-3-9-30(28)32/h2-4,6-7,9-10,24-26,35,59H,5,8,11-23H2,1H3,(H2,50,65)(H,51,53,54)(H,52,60,62). The second-order valence-corrected chi connectivity index (χ2v) is 16.9. The number of carbonyl (C=O) groups is 6. The molecule has 2 saturated heterocycles. The molecule has 0 bridgehead atoms. The van der Waals surface area contributed by atoms with Gasteiger partial charge in [0.25, 0.3) is 11.8 Å². The number of rotatable bonds is 17. The summed E-state index contributed by atoms with van der Waals surface area (Å²) in [7, 11) is 1.66. The molecule has 18 nitrogen and oxygen atoms in total. The number of aromatic hydroxyl groups is 1. The monoisotopic (exact) mass is 937 g/mol. The second kappa shape index (κ2) is 20.3. The molecule has 8 rings (SSSR count). The van der Waals surface area contributed by atoms with Gasteiger partial charge in [0, 0.05) is 76.7 Å². The highest BCUT2D eigenvalue weighted by molar-refractivity contribution is 6.35. The number of fused-ring (bicyclic) bond motifs is 3. The molecule has 1 unspecified atom stereocenters. The van der Waals surface area contributed by atoms with E-state index in [1.807, 2.05) is 29.2 Å². The fourth-order valence-corrected chi connectivity index (χ4v) is 8.96. The van der Waals surface area contributed by atoms with Gasteiger partial charge >= 0.3 is 6.03 Å². The third-order valence-electron chi connectivity index (χ3n) is 12.1. The molecule has 67 heavy (non-hydrogen) atoms. The van der Waals surface area contributed by atoms with Gasteiger partial charge in [-0.15, -0.1) is 0 Å². The number of piperazine rings is 1. The molecule has 0 saturated carbocycles. The Morgan fingerprint density at radius 2 is 1.69 bits per heavy atom. The van der Waals surface area contributed by atoms with Crippen LogP contribution < -0.4 is 21.3 Å². The van der Waals surface area contributed by atoms with Crippen LogP contribution in [0.3, 0.4) is 0 Å². The van der Waals surface area contributed by atoms with Crippen LogP contribution in [0.5, 0.6) is 5.75 Å². The van der Waals surface area contributed by atoms with Crippen LogP contribution in [-0.4, -0.2) is 144 Å². The summed E-state index contributed by atoms with van der Waals surface area (Å²) in [6, 6.07) is 15.4. The van der Waals surface area contributed by atoms with Crippen molar-refractivity contribution in [2.24, 2.45) is 5.73 Å². The van der Waals surface area contributed by atoms with Crippen LogP contribution >= 0.6 is 11.6 Å². The van der Waals surface area contributed by atoms with E-state index in [0.717, 1.165) is 4.90 Å². The number of carbonyl (C=O) groups excluding carboxylic acids is 6. The number of amides is 7. The van der Waals surface area contributed by atoms with Crippen LogP contribution in [0.25, 0.3) is 32.8 Å². The number of ether oxygens (including phenoxy) is 2. The van der Waals surface area contributed by atoms with Gasteiger partial charge in [0.15, 0.2) is 5.82 Å². The zero-order chi connectivity index (χ0) is 47.4. The second-order valence-electron chi connectivity index (χ2n) is 16.4. The molecule has 1 aromatic heterocycles. The zero-order valence-corrected chi connectivity index (χ0v) is 37.4. The molecule has 0 aliphatic carbocycles. The summed E-state index contributed by atoms with van der Waals surface area (Å²) in [6.07, 6.45) is 1.22. The van der Waals surface area contributed by atoms with Gasteiger partial charge in [-0.3, -0.25) is 34.2 Å². The van der Waals surface area contributed by atoms with Gasteiger partial charge in [0.2, 0.25) is 23.7 Å². The number of hydrogen-bond acceptors (Lipinski definition) is 13. The van der Waals surface area contributed by atoms with Crippen molar-refractivity contribution in [2.75, 3.05) is 83.0 Å². The first-order chi connectivity index (χ1) is 32.3. The summed E-state index contributed by atoms with van der Waals surface area (Å²) in [5.41, 5.74) is 7.14. The van der Waals surface area contributed by atoms with Crippen molar-refractivity contribution in [3.8, 4) is 16.9 Å². The van der Waals surface area contributed by atoms with Crippen LogP contribution in [0.2, 0.25) is 5.02 Å². The number of aromatic nitrogens is 2. The van der Waals surface area contributed by atoms with Crippen molar-refractivity contribution in [3.05, 3.63) is 88.2 Å². The van der Waals surface area contributed by atoms with Crippen LogP contribution in [0.15, 0.2) is 60.7 Å². The predicted octanol–water partition coefficient (Wildman–Crippen LogP) is 4.48. The molecular weight excluding hydrogens is 889 g/mol. The van der Waals surface area contributed by atoms with Gasteiger partial charge in [-0.25, -0.2) is 14.2 Å². The minimum Gasteiger partial charge on any atom is -0.508 e. The van der Waals surface area contributed by atoms with E-state index in [1.165, 1.54) is 15.9 Å². The van der Waals surface area contributed by atoms with E-state index >= 15 is 4.39 Å². The lowest BCUT2D eigenvalue weighted by atomic mass is 9.96. The smallest absolute Gasteiger partial charge is 0.314 e. The zero-order valence-electron chi connectivity index (χ0n) is 36.7. The van der Waals surface area contributed by atoms with Crippen molar-refractivity contribution in [1.29, 1.82) is 0 Å². The number of imide groups is 2. The summed E-state index contributed by atoms with van der Waals surface area (Å²) < 4.78 is 28.3. The first-order valence-electron chi connectivity index (χ1n) is 22.0. The number of anilines is 2. The minimum absolute atomic E-state index is 0.0187. The van der Waals surface area contributed by atoms with Gasteiger partial charge in [0.05, 0.1) is 36.0 Å². The SMILES string of the molecule is CN(CCOCCOCCCc1cccc2c1C(=O)N(C1CCC(=O)NC1=O)C2=O)C(=O)CCNc1nc(N2CCN(C(N)=O)CC2)c2cc(Cl)c(-c3cc(O)cc4ccccc34)c(F)c2n1. The lowest BCUT2D eigenvalue weighted by Crippen LogP contribution is -2.54. The van der Waals surface area contributed by atoms with E-state index in [-0.39, 0.29) is 83.9 Å². The molecule has 2 fully saturated rings. The molecule has 350 valence electrons. The highest BCUT2D eigenvalue weighted by Crippen LogP contribution is 2.42. The summed E-state index contributed by atoms with van der Waals surface area (Å²) in [5.74, 6) is -2.65. The number of likely N-dealkylation sites (N-methyl/N-ethyl adjacent to an activating group) is 1. The topological polar surface area (TPSA) is 230 Å². The number of piperidine rings is 1. The molecule has 5 aromatic rings. The fourth-order valence-electron chi connectivity index (χ4n) is 8.67. The normalized spacial score (nSPS) is 16.2. The lowest BCUT2D eigenvalue weighted by molar-refractivity contribution is -0.136. The maximum absolute atomic E-state index is 16.9. The Morgan fingerprint density at radius 3 is 2.45 bits per heavy atom. The molecular formula is C47H49ClFN9O9. The van der Waals surface area contributed by atoms with Gasteiger partial charge in [-0.05, 0) is 65.4 Å². The Morgan fingerprint density at radius 1 is 0.925 bits per heavy atom. The Labute approximate surface area is 389 Å². The molecule has 7 amide bonds. The molecule has 4 aromatic carbocycles. The maximum Gasteiger partial charge on any atom is 0.314 e. The van der Waals surface area contributed by atoms with E-state index in [4.69, 9.17) is 31.8 Å². The molecule has 0 spiro atoms. The maximum atomic E-state index is 16.9. The first kappa shape index (κ1) is 46.6. The van der Waals surface area contributed by atoms with Crippen molar-refractivity contribution in [2.45, 2.75) is 38.1 Å². The minimum atomic E-state index is -1.03. The number of urea groups is 1. The van der Waals surface area contributed by atoms with Crippen LogP contribution in [0, 0.1) is 5.82 Å². The van der Waals surface area contributed by atoms with Gasteiger partial charge in [-0.1, -0.05) is 48.0 Å². The average molecular weight is 938 g/mol. The Hall–Kier alpha value is -6.96. The highest BCUT2D eigenvalue weighted by atomic mass is 35.5. The van der Waals surface area contributed by atoms with Crippen molar-refractivity contribution in [1.82, 2.24) is 30.0 Å². The summed E-state index contributed by atoms with van der Waals surface area (Å²) in [5, 5.41) is 17.7. The molecule has 4 heterocycles. The molecule has 3 aliphatic rings. The Balaban J connectivity index is 0.819. The largest absolute Gasteiger partial charge is 0.508 e. The molecule has 3 aliphatic heterocycles. The van der Waals surface area contributed by atoms with E-state index < -0.39 is 41.5 Å². The number of phenols is 1. The highest BCUT2D eigenvalue weighted by Gasteiger charge is 2.45. The quantitative estimate of drug-likeness (QED) is 0.0746. The van der Waals surface area contributed by atoms with Crippen molar-refractivity contribution < 1.29 is 47.7 Å². The number of hydrogen-bond donors (Lipinski definition) is 4. The number of benzene rings is 4. The lowest BCUT2D eigenvalue weighted by Gasteiger charge is -2.35. The summed E-state index contributed by atoms with van der Waals surface area (Å²) >= 11 is 6.84. The predicted molar refractivity (Wildman–Crippen MR) is 246 cm³/mol. The third kappa shape index (κ3) is 9.94. The first-order valence-corrected chi connectivity index (χ1v) is 22.4. The van der Waals surface area contributed by atoms with Gasteiger partial charge in [-0.2, -0.15) is 4.98 Å². The van der Waals surface area contributed by atoms with Gasteiger partial charge in [0.1, 0.15) is 23.1 Å². The number of halogens is 2. The number of aryl methyl sites for hydroxylation is 1. The van der Waals surface area contributed by atoms with E-state index in [0.29, 0.717) is 91.9 Å². The Bertz CT molecular complexity index is 2790. The number of primary amides is 1. The van der Waals surface area contributed by atoms with E-state index in [2.05, 4.69) is 15.6 Å². The molecule has 20 heteroatoms. The van der Waals surface area contributed by atoms with E-state index in [9.17, 15) is 33.9 Å². The molecule has 5 N–H and O–H groups in total.